The molecule has 1 aromatic carbocycles. The van der Waals surface area contributed by atoms with Crippen LogP contribution in [0.2, 0.25) is 0 Å². The summed E-state index contributed by atoms with van der Waals surface area (Å²) in [5.74, 6) is -1.10. The molecule has 1 aromatic heterocycles. The molecule has 2 rings (SSSR count). The zero-order valence-electron chi connectivity index (χ0n) is 14.2. The van der Waals surface area contributed by atoms with Crippen molar-refractivity contribution in [3.63, 3.8) is 0 Å². The molecule has 0 unspecified atom stereocenters. The topological polar surface area (TPSA) is 100 Å². The molecule has 25 heavy (non-hydrogen) atoms. The van der Waals surface area contributed by atoms with E-state index in [-0.39, 0.29) is 11.6 Å². The molecule has 0 spiro atoms. The van der Waals surface area contributed by atoms with Crippen molar-refractivity contribution in [3.8, 4) is 0 Å². The molecule has 2 aromatic rings. The molecule has 0 radical (unpaired) electrons. The molecular weight excluding hydrogens is 322 g/mol. The van der Waals surface area contributed by atoms with Crippen molar-refractivity contribution >= 4 is 23.5 Å². The summed E-state index contributed by atoms with van der Waals surface area (Å²) in [4.78, 5) is 38.6. The van der Waals surface area contributed by atoms with Gasteiger partial charge in [0.05, 0.1) is 11.3 Å². The molecule has 0 aliphatic carbocycles. The van der Waals surface area contributed by atoms with Crippen molar-refractivity contribution in [1.29, 1.82) is 0 Å². The highest BCUT2D eigenvalue weighted by molar-refractivity contribution is 6.04. The Morgan fingerprint density at radius 1 is 1.12 bits per heavy atom. The highest BCUT2D eigenvalue weighted by Gasteiger charge is 2.15. The summed E-state index contributed by atoms with van der Waals surface area (Å²) in [6.07, 6.45) is 1.59. The second-order valence-corrected chi connectivity index (χ2v) is 5.86. The number of anilines is 1. The van der Waals surface area contributed by atoms with E-state index in [1.54, 1.807) is 42.6 Å². The Bertz CT molecular complexity index is 739. The molecule has 7 nitrogen and oxygen atoms in total. The van der Waals surface area contributed by atoms with Gasteiger partial charge < -0.3 is 20.4 Å². The molecule has 0 aliphatic rings. The molecular formula is C18H21N3O4. The Morgan fingerprint density at radius 3 is 2.56 bits per heavy atom. The first kappa shape index (κ1) is 18.3. The van der Waals surface area contributed by atoms with E-state index in [1.807, 2.05) is 13.8 Å². The summed E-state index contributed by atoms with van der Waals surface area (Å²) < 4.78 is 4.92. The van der Waals surface area contributed by atoms with Crippen LogP contribution in [-0.2, 0) is 9.53 Å². The Kier molecular flexibility index (Phi) is 6.33. The molecule has 0 aliphatic heterocycles. The average Bonchev–Trinajstić information content (AvgIpc) is 3.12. The highest BCUT2D eigenvalue weighted by Crippen LogP contribution is 2.15. The quantitative estimate of drug-likeness (QED) is 0.671. The van der Waals surface area contributed by atoms with Crippen LogP contribution in [0.3, 0.4) is 0 Å². The van der Waals surface area contributed by atoms with E-state index in [1.165, 1.54) is 0 Å². The van der Waals surface area contributed by atoms with Gasteiger partial charge >= 0.3 is 5.97 Å². The number of aromatic amines is 1. The van der Waals surface area contributed by atoms with Crippen molar-refractivity contribution < 1.29 is 19.1 Å². The maximum Gasteiger partial charge on any atom is 0.355 e. The van der Waals surface area contributed by atoms with Crippen LogP contribution in [0.25, 0.3) is 0 Å². The number of esters is 1. The first-order valence-electron chi connectivity index (χ1n) is 7.95. The molecule has 3 N–H and O–H groups in total. The van der Waals surface area contributed by atoms with E-state index in [0.717, 1.165) is 0 Å². The van der Waals surface area contributed by atoms with Gasteiger partial charge in [0.25, 0.3) is 11.8 Å². The van der Waals surface area contributed by atoms with Crippen molar-refractivity contribution in [2.24, 2.45) is 5.92 Å². The van der Waals surface area contributed by atoms with Crippen LogP contribution in [0.15, 0.2) is 42.6 Å². The monoisotopic (exact) mass is 343 g/mol. The Morgan fingerprint density at radius 2 is 1.88 bits per heavy atom. The Labute approximate surface area is 145 Å². The summed E-state index contributed by atoms with van der Waals surface area (Å²) in [6, 6.07) is 9.87. The highest BCUT2D eigenvalue weighted by atomic mass is 16.5. The molecule has 0 saturated carbocycles. The van der Waals surface area contributed by atoms with Crippen LogP contribution < -0.4 is 10.6 Å². The number of rotatable bonds is 7. The number of hydrogen-bond donors (Lipinski definition) is 3. The fraction of sp³-hybridized carbons (Fsp3) is 0.278. The van der Waals surface area contributed by atoms with Crippen LogP contribution in [0.5, 0.6) is 0 Å². The van der Waals surface area contributed by atoms with Crippen molar-refractivity contribution in [2.45, 2.75) is 13.8 Å². The second-order valence-electron chi connectivity index (χ2n) is 5.86. The Hall–Kier alpha value is -3.09. The zero-order chi connectivity index (χ0) is 18.2. The number of carbonyl (C=O) groups excluding carboxylic acids is 3. The SMILES string of the molecule is CC(C)CNC(=O)c1ccccc1NC(=O)COC(=O)c1ccc[nH]1. The zero-order valence-corrected chi connectivity index (χ0v) is 14.2. The van der Waals surface area contributed by atoms with Gasteiger partial charge in [-0.05, 0) is 30.2 Å². The lowest BCUT2D eigenvalue weighted by atomic mass is 10.1. The van der Waals surface area contributed by atoms with Crippen LogP contribution in [0.1, 0.15) is 34.7 Å². The smallest absolute Gasteiger partial charge is 0.355 e. The average molecular weight is 343 g/mol. The lowest BCUT2D eigenvalue weighted by Crippen LogP contribution is -2.29. The van der Waals surface area contributed by atoms with Gasteiger partial charge in [-0.2, -0.15) is 0 Å². The normalized spacial score (nSPS) is 10.4. The largest absolute Gasteiger partial charge is 0.451 e. The van der Waals surface area contributed by atoms with E-state index >= 15 is 0 Å². The van der Waals surface area contributed by atoms with Gasteiger partial charge in [-0.15, -0.1) is 0 Å². The fourth-order valence-corrected chi connectivity index (χ4v) is 2.03. The van der Waals surface area contributed by atoms with Crippen LogP contribution in [0.4, 0.5) is 5.69 Å². The van der Waals surface area contributed by atoms with E-state index in [2.05, 4.69) is 15.6 Å². The molecule has 1 heterocycles. The van der Waals surface area contributed by atoms with Gasteiger partial charge in [-0.3, -0.25) is 9.59 Å². The van der Waals surface area contributed by atoms with Crippen LogP contribution >= 0.6 is 0 Å². The van der Waals surface area contributed by atoms with E-state index in [4.69, 9.17) is 4.74 Å². The van der Waals surface area contributed by atoms with Crippen molar-refractivity contribution in [3.05, 3.63) is 53.9 Å². The predicted octanol–water partition coefficient (Wildman–Crippen LogP) is 2.20. The lowest BCUT2D eigenvalue weighted by Gasteiger charge is -2.12. The maximum absolute atomic E-state index is 12.2. The number of H-pyrrole nitrogens is 1. The number of carbonyl (C=O) groups is 3. The van der Waals surface area contributed by atoms with Gasteiger partial charge in [0.15, 0.2) is 6.61 Å². The van der Waals surface area contributed by atoms with Gasteiger partial charge in [0.1, 0.15) is 5.69 Å². The second kappa shape index (κ2) is 8.68. The third-order valence-corrected chi connectivity index (χ3v) is 3.27. The number of hydrogen-bond acceptors (Lipinski definition) is 4. The van der Waals surface area contributed by atoms with E-state index in [0.29, 0.717) is 23.7 Å². The van der Waals surface area contributed by atoms with Crippen LogP contribution in [0, 0.1) is 5.92 Å². The summed E-state index contributed by atoms with van der Waals surface area (Å²) in [6.45, 7) is 4.08. The number of ether oxygens (including phenoxy) is 1. The first-order valence-corrected chi connectivity index (χ1v) is 7.95. The number of benzene rings is 1. The molecule has 0 atom stereocenters. The maximum atomic E-state index is 12.2. The first-order chi connectivity index (χ1) is 12.0. The number of para-hydroxylation sites is 1. The summed E-state index contributed by atoms with van der Waals surface area (Å²) >= 11 is 0. The van der Waals surface area contributed by atoms with Crippen LogP contribution in [-0.4, -0.2) is 35.9 Å². The van der Waals surface area contributed by atoms with Gasteiger partial charge in [-0.25, -0.2) is 4.79 Å². The number of aromatic nitrogens is 1. The summed E-state index contributed by atoms with van der Waals surface area (Å²) in [5.41, 5.74) is 0.984. The van der Waals surface area contributed by atoms with Gasteiger partial charge in [-0.1, -0.05) is 26.0 Å². The number of nitrogens with one attached hydrogen (secondary N) is 3. The standard InChI is InChI=1S/C18H21N3O4/c1-12(2)10-20-17(23)13-6-3-4-7-14(13)21-16(22)11-25-18(24)15-8-5-9-19-15/h3-9,12,19H,10-11H2,1-2H3,(H,20,23)(H,21,22). The third kappa shape index (κ3) is 5.49. The van der Waals surface area contributed by atoms with Crippen molar-refractivity contribution in [2.75, 3.05) is 18.5 Å². The van der Waals surface area contributed by atoms with E-state index in [9.17, 15) is 14.4 Å². The third-order valence-electron chi connectivity index (χ3n) is 3.27. The number of amides is 2. The minimum atomic E-state index is -0.622. The molecule has 0 bridgehead atoms. The molecule has 7 heteroatoms. The minimum Gasteiger partial charge on any atom is -0.451 e. The molecule has 0 saturated heterocycles. The molecule has 132 valence electrons. The summed E-state index contributed by atoms with van der Waals surface area (Å²) in [5, 5.41) is 5.39. The van der Waals surface area contributed by atoms with Gasteiger partial charge in [0.2, 0.25) is 0 Å². The van der Waals surface area contributed by atoms with Crippen molar-refractivity contribution in [1.82, 2.24) is 10.3 Å². The summed E-state index contributed by atoms with van der Waals surface area (Å²) in [7, 11) is 0. The minimum absolute atomic E-state index is 0.265. The molecule has 0 fully saturated rings. The van der Waals surface area contributed by atoms with E-state index < -0.39 is 18.5 Å². The predicted molar refractivity (Wildman–Crippen MR) is 93.3 cm³/mol. The molecule has 2 amide bonds. The fourth-order valence-electron chi connectivity index (χ4n) is 2.03. The Balaban J connectivity index is 1.94. The lowest BCUT2D eigenvalue weighted by molar-refractivity contribution is -0.119. The van der Waals surface area contributed by atoms with Gasteiger partial charge in [0, 0.05) is 12.7 Å².